The number of hydrogen-bond acceptors (Lipinski definition) is 5. The van der Waals surface area contributed by atoms with Gasteiger partial charge in [-0.1, -0.05) is 18.0 Å². The van der Waals surface area contributed by atoms with E-state index < -0.39 is 0 Å². The maximum atomic E-state index is 12.8. The van der Waals surface area contributed by atoms with Crippen molar-refractivity contribution in [3.05, 3.63) is 11.7 Å². The molecule has 3 fully saturated rings. The molecule has 6 nitrogen and oxygen atoms in total. The van der Waals surface area contributed by atoms with Crippen LogP contribution in [0.4, 0.5) is 0 Å². The van der Waals surface area contributed by atoms with Crippen molar-refractivity contribution in [2.75, 3.05) is 13.1 Å². The van der Waals surface area contributed by atoms with E-state index in [1.54, 1.807) is 0 Å². The highest BCUT2D eigenvalue weighted by molar-refractivity contribution is 5.82. The minimum absolute atomic E-state index is 0.0344. The fraction of sp³-hybridized carbons (Fsp3) is 0.833. The molecule has 0 radical (unpaired) electrons. The lowest BCUT2D eigenvalue weighted by Gasteiger charge is -2.27. The van der Waals surface area contributed by atoms with Crippen LogP contribution in [-0.4, -0.2) is 40.1 Å². The first kappa shape index (κ1) is 16.1. The molecule has 1 aromatic heterocycles. The minimum atomic E-state index is -0.219. The molecule has 2 saturated carbocycles. The van der Waals surface area contributed by atoms with Crippen LogP contribution >= 0.6 is 0 Å². The van der Waals surface area contributed by atoms with Crippen molar-refractivity contribution in [2.24, 2.45) is 5.92 Å². The topological polar surface area (TPSA) is 71.3 Å². The second kappa shape index (κ2) is 6.82. The van der Waals surface area contributed by atoms with Gasteiger partial charge < -0.3 is 9.84 Å². The molecule has 0 spiro atoms. The molecular weight excluding hydrogens is 304 g/mol. The summed E-state index contributed by atoms with van der Waals surface area (Å²) < 4.78 is 5.43. The first-order valence-electron chi connectivity index (χ1n) is 9.60. The van der Waals surface area contributed by atoms with Gasteiger partial charge in [0.2, 0.25) is 11.8 Å². The average molecular weight is 332 g/mol. The van der Waals surface area contributed by atoms with Crippen LogP contribution in [0.1, 0.15) is 82.0 Å². The quantitative estimate of drug-likeness (QED) is 0.867. The van der Waals surface area contributed by atoms with Gasteiger partial charge in [0.05, 0.1) is 6.04 Å². The minimum Gasteiger partial charge on any atom is -0.343 e. The van der Waals surface area contributed by atoms with E-state index in [1.165, 1.54) is 38.5 Å². The lowest BCUT2D eigenvalue weighted by atomic mass is 10.1. The zero-order chi connectivity index (χ0) is 16.5. The van der Waals surface area contributed by atoms with Crippen LogP contribution in [0.2, 0.25) is 0 Å². The zero-order valence-electron chi connectivity index (χ0n) is 14.5. The van der Waals surface area contributed by atoms with Crippen LogP contribution in [-0.2, 0) is 4.79 Å². The molecule has 1 saturated heterocycles. The molecule has 1 amide bonds. The zero-order valence-corrected chi connectivity index (χ0v) is 14.5. The van der Waals surface area contributed by atoms with Gasteiger partial charge in [0.25, 0.3) is 0 Å². The molecule has 2 unspecified atom stereocenters. The highest BCUT2D eigenvalue weighted by atomic mass is 16.5. The Balaban J connectivity index is 1.39. The van der Waals surface area contributed by atoms with E-state index >= 15 is 0 Å². The van der Waals surface area contributed by atoms with Crippen molar-refractivity contribution < 1.29 is 9.32 Å². The van der Waals surface area contributed by atoms with Crippen LogP contribution in [0, 0.1) is 5.92 Å². The number of likely N-dealkylation sites (tertiary alicyclic amines) is 1. The summed E-state index contributed by atoms with van der Waals surface area (Å²) in [6, 6.07) is -0.184. The summed E-state index contributed by atoms with van der Waals surface area (Å²) in [5.74, 6) is 2.47. The van der Waals surface area contributed by atoms with E-state index in [2.05, 4.69) is 20.4 Å². The van der Waals surface area contributed by atoms with Crippen molar-refractivity contribution in [1.82, 2.24) is 20.4 Å². The Hall–Kier alpha value is -1.43. The number of nitrogens with zero attached hydrogens (tertiary/aromatic N) is 3. The van der Waals surface area contributed by atoms with Crippen LogP contribution in [0.25, 0.3) is 0 Å². The van der Waals surface area contributed by atoms with Gasteiger partial charge in [-0.2, -0.15) is 4.98 Å². The number of nitrogens with one attached hydrogen (secondary N) is 1. The number of aromatic nitrogens is 2. The summed E-state index contributed by atoms with van der Waals surface area (Å²) in [6.07, 6.45) is 9.57. The predicted octanol–water partition coefficient (Wildman–Crippen LogP) is 2.78. The fourth-order valence-electron chi connectivity index (χ4n) is 4.24. The first-order valence-corrected chi connectivity index (χ1v) is 9.60. The van der Waals surface area contributed by atoms with Crippen LogP contribution < -0.4 is 5.32 Å². The first-order chi connectivity index (χ1) is 11.7. The molecule has 3 aliphatic rings. The largest absolute Gasteiger partial charge is 0.343 e. The molecule has 24 heavy (non-hydrogen) atoms. The molecular formula is C18H28N4O2. The van der Waals surface area contributed by atoms with Gasteiger partial charge in [-0.25, -0.2) is 0 Å². The van der Waals surface area contributed by atoms with Crippen molar-refractivity contribution in [2.45, 2.75) is 76.3 Å². The lowest BCUT2D eigenvalue weighted by Crippen LogP contribution is -2.47. The van der Waals surface area contributed by atoms with Gasteiger partial charge >= 0.3 is 0 Å². The van der Waals surface area contributed by atoms with Gasteiger partial charge in [-0.05, 0) is 64.5 Å². The summed E-state index contributed by atoms with van der Waals surface area (Å²) in [4.78, 5) is 19.7. The van der Waals surface area contributed by atoms with Crippen molar-refractivity contribution in [1.29, 1.82) is 0 Å². The lowest BCUT2D eigenvalue weighted by molar-refractivity contribution is -0.127. The normalized spacial score (nSPS) is 25.0. The Bertz CT molecular complexity index is 571. The summed E-state index contributed by atoms with van der Waals surface area (Å²) in [7, 11) is 0. The smallest absolute Gasteiger partial charge is 0.248 e. The van der Waals surface area contributed by atoms with Gasteiger partial charge in [0, 0.05) is 5.92 Å². The van der Waals surface area contributed by atoms with Gasteiger partial charge in [0.1, 0.15) is 6.04 Å². The van der Waals surface area contributed by atoms with Crippen molar-refractivity contribution in [3.63, 3.8) is 0 Å². The van der Waals surface area contributed by atoms with Gasteiger partial charge in [-0.15, -0.1) is 0 Å². The maximum Gasteiger partial charge on any atom is 0.248 e. The Labute approximate surface area is 143 Å². The van der Waals surface area contributed by atoms with Crippen LogP contribution in [0.15, 0.2) is 4.52 Å². The average Bonchev–Trinajstić information content (AvgIpc) is 3.07. The summed E-state index contributed by atoms with van der Waals surface area (Å²) in [5, 5.41) is 7.27. The highest BCUT2D eigenvalue weighted by Crippen LogP contribution is 2.37. The van der Waals surface area contributed by atoms with Gasteiger partial charge in [0.15, 0.2) is 5.82 Å². The predicted molar refractivity (Wildman–Crippen MR) is 89.4 cm³/mol. The van der Waals surface area contributed by atoms with E-state index in [9.17, 15) is 4.79 Å². The van der Waals surface area contributed by atoms with Crippen LogP contribution in [0.5, 0.6) is 0 Å². The third-order valence-electron chi connectivity index (χ3n) is 5.78. The molecule has 0 aromatic carbocycles. The SMILES string of the molecule is CC(NC(=O)C(C1CC1)N1CCCC1)c1nc(C2CCCC2)no1. The molecule has 1 aromatic rings. The third kappa shape index (κ3) is 3.34. The van der Waals surface area contributed by atoms with E-state index in [-0.39, 0.29) is 18.0 Å². The Morgan fingerprint density at radius 1 is 1.17 bits per heavy atom. The summed E-state index contributed by atoms with van der Waals surface area (Å²) in [5.41, 5.74) is 0. The number of carbonyl (C=O) groups is 1. The summed E-state index contributed by atoms with van der Waals surface area (Å²) in [6.45, 7) is 4.04. The van der Waals surface area contributed by atoms with E-state index in [0.717, 1.165) is 31.8 Å². The number of rotatable bonds is 6. The van der Waals surface area contributed by atoms with E-state index in [1.807, 2.05) is 6.92 Å². The van der Waals surface area contributed by atoms with E-state index in [0.29, 0.717) is 17.7 Å². The molecule has 1 N–H and O–H groups in total. The summed E-state index contributed by atoms with van der Waals surface area (Å²) >= 11 is 0. The fourth-order valence-corrected chi connectivity index (χ4v) is 4.24. The molecule has 6 heteroatoms. The number of amides is 1. The highest BCUT2D eigenvalue weighted by Gasteiger charge is 2.41. The Morgan fingerprint density at radius 3 is 2.54 bits per heavy atom. The number of hydrogen-bond donors (Lipinski definition) is 1. The molecule has 1 aliphatic heterocycles. The Morgan fingerprint density at radius 2 is 1.88 bits per heavy atom. The standard InChI is InChI=1S/C18H28N4O2/c1-12(18-20-16(21-24-18)14-6-2-3-7-14)19-17(23)15(13-8-9-13)22-10-4-5-11-22/h12-15H,2-11H2,1H3,(H,19,23). The monoisotopic (exact) mass is 332 g/mol. The Kier molecular flexibility index (Phi) is 4.57. The second-order valence-electron chi connectivity index (χ2n) is 7.73. The molecule has 2 heterocycles. The van der Waals surface area contributed by atoms with Crippen molar-refractivity contribution >= 4 is 5.91 Å². The van der Waals surface area contributed by atoms with E-state index in [4.69, 9.17) is 4.52 Å². The molecule has 4 rings (SSSR count). The molecule has 132 valence electrons. The molecule has 0 bridgehead atoms. The van der Waals surface area contributed by atoms with Crippen molar-refractivity contribution in [3.8, 4) is 0 Å². The molecule has 2 aliphatic carbocycles. The maximum absolute atomic E-state index is 12.8. The molecule has 2 atom stereocenters. The number of carbonyl (C=O) groups excluding carboxylic acids is 1. The van der Waals surface area contributed by atoms with Gasteiger partial charge in [-0.3, -0.25) is 9.69 Å². The van der Waals surface area contributed by atoms with Crippen LogP contribution in [0.3, 0.4) is 0 Å². The third-order valence-corrected chi connectivity index (χ3v) is 5.78. The second-order valence-corrected chi connectivity index (χ2v) is 7.73.